The van der Waals surface area contributed by atoms with Crippen molar-refractivity contribution in [2.75, 3.05) is 10.0 Å². The van der Waals surface area contributed by atoms with Gasteiger partial charge in [0.15, 0.2) is 5.82 Å². The zero-order chi connectivity index (χ0) is 21.7. The molecular weight excluding hydrogens is 527 g/mol. The van der Waals surface area contributed by atoms with Gasteiger partial charge in [-0.2, -0.15) is 0 Å². The van der Waals surface area contributed by atoms with Crippen molar-refractivity contribution < 1.29 is 21.7 Å². The molecule has 30 heavy (non-hydrogen) atoms. The van der Waals surface area contributed by atoms with E-state index in [1.54, 1.807) is 19.1 Å². The van der Waals surface area contributed by atoms with Crippen LogP contribution in [0.2, 0.25) is 0 Å². The number of anilines is 3. The van der Waals surface area contributed by atoms with Crippen molar-refractivity contribution in [3.8, 4) is 0 Å². The van der Waals surface area contributed by atoms with E-state index in [4.69, 9.17) is 4.52 Å². The first-order valence-electron chi connectivity index (χ1n) is 9.11. The molecule has 6 nitrogen and oxygen atoms in total. The number of allylic oxidation sites excluding steroid dienone is 1. The summed E-state index contributed by atoms with van der Waals surface area (Å²) in [7, 11) is -3.85. The number of nitrogens with zero attached hydrogens (tertiary/aromatic N) is 1. The van der Waals surface area contributed by atoms with Crippen LogP contribution in [0.4, 0.5) is 25.8 Å². The zero-order valence-corrected chi connectivity index (χ0v) is 18.9. The highest BCUT2D eigenvalue weighted by Crippen LogP contribution is 2.48. The van der Waals surface area contributed by atoms with Crippen LogP contribution in [0.15, 0.2) is 41.4 Å². The van der Waals surface area contributed by atoms with Crippen LogP contribution in [0, 0.1) is 22.1 Å². The van der Waals surface area contributed by atoms with Crippen LogP contribution in [0.3, 0.4) is 0 Å². The third-order valence-corrected chi connectivity index (χ3v) is 8.09. The van der Waals surface area contributed by atoms with Gasteiger partial charge in [-0.25, -0.2) is 17.2 Å². The molecular formula is C20H18F2IN3O3S. The number of benzene rings is 2. The van der Waals surface area contributed by atoms with E-state index in [1.807, 2.05) is 22.6 Å². The van der Waals surface area contributed by atoms with E-state index in [0.717, 1.165) is 0 Å². The average Bonchev–Trinajstić information content (AvgIpc) is 3.38. The number of rotatable bonds is 7. The molecule has 1 saturated carbocycles. The Balaban J connectivity index is 1.84. The van der Waals surface area contributed by atoms with E-state index in [1.165, 1.54) is 18.2 Å². The normalized spacial score (nSPS) is 15.2. The zero-order valence-electron chi connectivity index (χ0n) is 15.9. The summed E-state index contributed by atoms with van der Waals surface area (Å²) in [6, 6.07) is 5.82. The predicted octanol–water partition coefficient (Wildman–Crippen LogP) is 5.61. The van der Waals surface area contributed by atoms with Crippen molar-refractivity contribution in [2.24, 2.45) is 0 Å². The summed E-state index contributed by atoms with van der Waals surface area (Å²) in [5.41, 5.74) is -0.0198. The summed E-state index contributed by atoms with van der Waals surface area (Å²) in [6.07, 6.45) is 2.81. The van der Waals surface area contributed by atoms with Crippen LogP contribution in [0.1, 0.15) is 25.0 Å². The number of hydrogen-bond donors (Lipinski definition) is 2. The second-order valence-electron chi connectivity index (χ2n) is 7.29. The van der Waals surface area contributed by atoms with Gasteiger partial charge in [0.1, 0.15) is 11.5 Å². The number of fused-ring (bicyclic) bond motifs is 1. The van der Waals surface area contributed by atoms with E-state index in [0.29, 0.717) is 27.5 Å². The molecule has 1 aromatic heterocycles. The van der Waals surface area contributed by atoms with Crippen LogP contribution in [-0.2, 0) is 10.0 Å². The van der Waals surface area contributed by atoms with Crippen LogP contribution >= 0.6 is 22.6 Å². The first-order valence-corrected chi connectivity index (χ1v) is 11.7. The van der Waals surface area contributed by atoms with E-state index in [2.05, 4.69) is 21.8 Å². The maximum Gasteiger partial charge on any atom is 0.238 e. The van der Waals surface area contributed by atoms with E-state index < -0.39 is 26.4 Å². The van der Waals surface area contributed by atoms with E-state index in [9.17, 15) is 12.8 Å². The van der Waals surface area contributed by atoms with Crippen LogP contribution < -0.4 is 10.0 Å². The smallest absolute Gasteiger partial charge is 0.238 e. The fraction of sp³-hybridized carbons (Fsp3) is 0.250. The minimum Gasteiger partial charge on any atom is -0.353 e. The molecule has 1 fully saturated rings. The lowest BCUT2D eigenvalue weighted by Gasteiger charge is -2.19. The number of aryl methyl sites for hydroxylation is 1. The minimum absolute atomic E-state index is 0.00224. The van der Waals surface area contributed by atoms with Crippen molar-refractivity contribution in [1.29, 1.82) is 0 Å². The second-order valence-corrected chi connectivity index (χ2v) is 10.6. The molecule has 3 aromatic rings. The van der Waals surface area contributed by atoms with Gasteiger partial charge in [0, 0.05) is 8.96 Å². The topological polar surface area (TPSA) is 84.2 Å². The monoisotopic (exact) mass is 545 g/mol. The Morgan fingerprint density at radius 3 is 2.67 bits per heavy atom. The maximum atomic E-state index is 15.3. The first kappa shape index (κ1) is 21.0. The van der Waals surface area contributed by atoms with Crippen molar-refractivity contribution >= 4 is 60.6 Å². The summed E-state index contributed by atoms with van der Waals surface area (Å²) >= 11 is 1.96. The molecule has 0 bridgehead atoms. The number of halogens is 3. The Morgan fingerprint density at radius 1 is 1.30 bits per heavy atom. The minimum atomic E-state index is -3.85. The van der Waals surface area contributed by atoms with Gasteiger partial charge in [-0.15, -0.1) is 6.58 Å². The molecule has 0 saturated heterocycles. The predicted molar refractivity (Wildman–Crippen MR) is 120 cm³/mol. The van der Waals surface area contributed by atoms with Crippen molar-refractivity contribution in [3.05, 3.63) is 57.8 Å². The summed E-state index contributed by atoms with van der Waals surface area (Å²) in [5, 5.41) is 6.76. The lowest BCUT2D eigenvalue weighted by atomic mass is 10.1. The van der Waals surface area contributed by atoms with Gasteiger partial charge < -0.3 is 9.84 Å². The molecule has 158 valence electrons. The van der Waals surface area contributed by atoms with Gasteiger partial charge in [-0.3, -0.25) is 4.72 Å². The van der Waals surface area contributed by atoms with Crippen LogP contribution in [-0.4, -0.2) is 18.3 Å². The second kappa shape index (κ2) is 7.49. The molecule has 4 rings (SSSR count). The third kappa shape index (κ3) is 3.55. The highest BCUT2D eigenvalue weighted by molar-refractivity contribution is 14.1. The lowest BCUT2D eigenvalue weighted by molar-refractivity contribution is 0.436. The molecule has 0 amide bonds. The fourth-order valence-corrected chi connectivity index (χ4v) is 5.42. The summed E-state index contributed by atoms with van der Waals surface area (Å²) < 4.78 is 63.0. The highest BCUT2D eigenvalue weighted by Gasteiger charge is 2.53. The molecule has 10 heteroatoms. The summed E-state index contributed by atoms with van der Waals surface area (Å²) in [6.45, 7) is 5.25. The third-order valence-electron chi connectivity index (χ3n) is 5.21. The van der Waals surface area contributed by atoms with Gasteiger partial charge in [0.05, 0.1) is 21.8 Å². The summed E-state index contributed by atoms with van der Waals surface area (Å²) in [4.78, 5) is 0. The fourth-order valence-electron chi connectivity index (χ4n) is 3.32. The standard InChI is InChI=1S/C20H18F2IN3O3S/c1-3-6-20(7-8-20)30(27,28)26-16-10-13-11(2)25-29-19(13)17(22)18(16)24-15-5-4-12(23)9-14(15)21/h3-5,9-10,24,26H,1,6-8H2,2H3. The van der Waals surface area contributed by atoms with Gasteiger partial charge in [-0.1, -0.05) is 11.2 Å². The molecule has 0 aliphatic heterocycles. The Kier molecular flexibility index (Phi) is 5.25. The highest BCUT2D eigenvalue weighted by atomic mass is 127. The van der Waals surface area contributed by atoms with E-state index in [-0.39, 0.29) is 29.1 Å². The largest absolute Gasteiger partial charge is 0.353 e. The molecule has 0 unspecified atom stereocenters. The summed E-state index contributed by atoms with van der Waals surface area (Å²) in [5.74, 6) is -1.47. The number of aromatic nitrogens is 1. The molecule has 0 atom stereocenters. The Bertz CT molecular complexity index is 1270. The van der Waals surface area contributed by atoms with Gasteiger partial charge in [-0.05, 0) is 73.0 Å². The van der Waals surface area contributed by atoms with Crippen LogP contribution in [0.25, 0.3) is 11.0 Å². The molecule has 1 heterocycles. The SMILES string of the molecule is C=CCC1(S(=O)(=O)Nc2cc3c(C)noc3c(F)c2Nc2ccc(I)cc2F)CC1. The maximum absolute atomic E-state index is 15.3. The molecule has 2 aromatic carbocycles. The van der Waals surface area contributed by atoms with Gasteiger partial charge in [0.2, 0.25) is 15.6 Å². The average molecular weight is 545 g/mol. The van der Waals surface area contributed by atoms with Gasteiger partial charge >= 0.3 is 0 Å². The quantitative estimate of drug-likeness (QED) is 0.298. The Labute approximate surface area is 185 Å². The molecule has 1 aliphatic rings. The van der Waals surface area contributed by atoms with Crippen molar-refractivity contribution in [3.63, 3.8) is 0 Å². The Morgan fingerprint density at radius 2 is 2.03 bits per heavy atom. The number of nitrogens with one attached hydrogen (secondary N) is 2. The number of hydrogen-bond acceptors (Lipinski definition) is 5. The van der Waals surface area contributed by atoms with Gasteiger partial charge in [0.25, 0.3) is 0 Å². The number of sulfonamides is 1. The molecule has 0 radical (unpaired) electrons. The first-order chi connectivity index (χ1) is 14.2. The Hall–Kier alpha value is -2.21. The molecule has 1 aliphatic carbocycles. The van der Waals surface area contributed by atoms with Crippen molar-refractivity contribution in [2.45, 2.75) is 30.9 Å². The molecule has 2 N–H and O–H groups in total. The van der Waals surface area contributed by atoms with Crippen molar-refractivity contribution in [1.82, 2.24) is 5.16 Å². The molecule has 0 spiro atoms. The van der Waals surface area contributed by atoms with Crippen LogP contribution in [0.5, 0.6) is 0 Å². The lowest BCUT2D eigenvalue weighted by Crippen LogP contribution is -2.29. The van der Waals surface area contributed by atoms with E-state index >= 15 is 4.39 Å².